The normalized spacial score (nSPS) is 23.5. The van der Waals surface area contributed by atoms with Crippen molar-refractivity contribution >= 4 is 22.6 Å². The molecule has 1 aliphatic rings. The molecule has 4 nitrogen and oxygen atoms in total. The Morgan fingerprint density at radius 1 is 1.00 bits per heavy atom. The summed E-state index contributed by atoms with van der Waals surface area (Å²) in [5.41, 5.74) is 0. The van der Waals surface area contributed by atoms with Crippen LogP contribution in [0.4, 0.5) is 0 Å². The van der Waals surface area contributed by atoms with Crippen molar-refractivity contribution in [3.8, 4) is 0 Å². The molecule has 0 aliphatic heterocycles. The fourth-order valence-corrected chi connectivity index (χ4v) is 7.92. The highest BCUT2D eigenvalue weighted by molar-refractivity contribution is 6.74. The van der Waals surface area contributed by atoms with E-state index in [1.165, 1.54) is 25.7 Å². The summed E-state index contributed by atoms with van der Waals surface area (Å²) in [7, 11) is -4.29. The predicted octanol–water partition coefficient (Wildman–Crippen LogP) is 9.81. The minimum Gasteiger partial charge on any atom is -0.462 e. The first-order valence-electron chi connectivity index (χ1n) is 15.7. The number of carbonyl (C=O) groups excluding carboxylic acids is 1. The molecule has 0 bridgehead atoms. The van der Waals surface area contributed by atoms with E-state index in [2.05, 4.69) is 80.9 Å². The van der Waals surface area contributed by atoms with E-state index in [0.29, 0.717) is 24.7 Å². The number of carbonyl (C=O) groups is 1. The van der Waals surface area contributed by atoms with Crippen molar-refractivity contribution in [2.75, 3.05) is 0 Å². The molecule has 0 aromatic carbocycles. The van der Waals surface area contributed by atoms with Crippen LogP contribution in [0.3, 0.4) is 0 Å². The van der Waals surface area contributed by atoms with Crippen LogP contribution < -0.4 is 0 Å². The SMILES string of the molecule is C=CCCC(=O)O[C@H]1C[C@@H](O[Si](C)(C)C(C)(C)C)[C@H](CC[C@H](CCCCC)CC(C)(C)[Si](C)(C)O)[C@H]1CC=C. The summed E-state index contributed by atoms with van der Waals surface area (Å²) in [6.45, 7) is 30.3. The summed E-state index contributed by atoms with van der Waals surface area (Å²) in [6, 6.07) is 0. The summed E-state index contributed by atoms with van der Waals surface area (Å²) in [5, 5.41) is 0.0919. The van der Waals surface area contributed by atoms with Gasteiger partial charge < -0.3 is 14.0 Å². The molecule has 1 aliphatic carbocycles. The van der Waals surface area contributed by atoms with Gasteiger partial charge in [0.25, 0.3) is 0 Å². The maximum Gasteiger partial charge on any atom is 0.306 e. The first-order valence-corrected chi connectivity index (χ1v) is 21.6. The molecule has 1 saturated carbocycles. The highest BCUT2D eigenvalue weighted by Crippen LogP contribution is 2.48. The Morgan fingerprint density at radius 3 is 2.15 bits per heavy atom. The van der Waals surface area contributed by atoms with Crippen LogP contribution in [0.2, 0.25) is 36.3 Å². The summed E-state index contributed by atoms with van der Waals surface area (Å²) < 4.78 is 13.2. The number of allylic oxidation sites excluding steroid dienone is 2. The van der Waals surface area contributed by atoms with Crippen LogP contribution in [0.15, 0.2) is 25.3 Å². The second-order valence-electron chi connectivity index (χ2n) is 14.9. The van der Waals surface area contributed by atoms with Crippen molar-refractivity contribution in [1.82, 2.24) is 0 Å². The van der Waals surface area contributed by atoms with E-state index < -0.39 is 16.6 Å². The van der Waals surface area contributed by atoms with E-state index in [0.717, 1.165) is 32.1 Å². The maximum absolute atomic E-state index is 12.7. The summed E-state index contributed by atoms with van der Waals surface area (Å²) in [4.78, 5) is 23.7. The van der Waals surface area contributed by atoms with Crippen molar-refractivity contribution < 1.29 is 18.8 Å². The van der Waals surface area contributed by atoms with Gasteiger partial charge in [-0.25, -0.2) is 0 Å². The van der Waals surface area contributed by atoms with Gasteiger partial charge in [-0.1, -0.05) is 85.8 Å². The van der Waals surface area contributed by atoms with Crippen LogP contribution >= 0.6 is 0 Å². The number of hydrogen-bond acceptors (Lipinski definition) is 4. The summed E-state index contributed by atoms with van der Waals surface area (Å²) in [6.07, 6.45) is 14.6. The van der Waals surface area contributed by atoms with Crippen molar-refractivity contribution in [3.05, 3.63) is 25.3 Å². The number of unbranched alkanes of at least 4 members (excludes halogenated alkanes) is 2. The van der Waals surface area contributed by atoms with E-state index in [-0.39, 0.29) is 34.2 Å². The molecule has 1 N–H and O–H groups in total. The first-order chi connectivity index (χ1) is 17.9. The topological polar surface area (TPSA) is 55.8 Å². The van der Waals surface area contributed by atoms with Gasteiger partial charge in [0.05, 0.1) is 6.10 Å². The zero-order valence-corrected chi connectivity index (χ0v) is 29.4. The Bertz CT molecular complexity index is 763. The number of esters is 1. The Balaban J connectivity index is 3.25. The highest BCUT2D eigenvalue weighted by atomic mass is 28.4. The molecular formula is C33H64O4Si2. The van der Waals surface area contributed by atoms with Crippen LogP contribution in [0, 0.1) is 17.8 Å². The van der Waals surface area contributed by atoms with Gasteiger partial charge in [-0.3, -0.25) is 4.79 Å². The van der Waals surface area contributed by atoms with Crippen LogP contribution in [-0.2, 0) is 14.0 Å². The minimum absolute atomic E-state index is 0.0274. The minimum atomic E-state index is -2.29. The molecule has 0 unspecified atom stereocenters. The number of ether oxygens (including phenoxy) is 1. The van der Waals surface area contributed by atoms with E-state index >= 15 is 0 Å². The third-order valence-corrected chi connectivity index (χ3v) is 18.1. The summed E-state index contributed by atoms with van der Waals surface area (Å²) >= 11 is 0. The van der Waals surface area contributed by atoms with Crippen LogP contribution in [0.1, 0.15) is 112 Å². The molecule has 228 valence electrons. The lowest BCUT2D eigenvalue weighted by Crippen LogP contribution is -2.45. The fraction of sp³-hybridized carbons (Fsp3) is 0.848. The quantitative estimate of drug-likeness (QED) is 0.0758. The van der Waals surface area contributed by atoms with Crippen molar-refractivity contribution in [2.24, 2.45) is 17.8 Å². The van der Waals surface area contributed by atoms with Crippen LogP contribution in [-0.4, -0.2) is 39.6 Å². The molecule has 0 spiro atoms. The van der Waals surface area contributed by atoms with Gasteiger partial charge in [0.15, 0.2) is 16.6 Å². The summed E-state index contributed by atoms with van der Waals surface area (Å²) in [5.74, 6) is 1.02. The second kappa shape index (κ2) is 15.5. The van der Waals surface area contributed by atoms with E-state index in [9.17, 15) is 9.59 Å². The molecule has 0 aromatic heterocycles. The number of rotatable bonds is 18. The largest absolute Gasteiger partial charge is 0.462 e. The lowest BCUT2D eigenvalue weighted by atomic mass is 9.81. The van der Waals surface area contributed by atoms with Crippen molar-refractivity contribution in [1.29, 1.82) is 0 Å². The van der Waals surface area contributed by atoms with Crippen LogP contribution in [0.5, 0.6) is 0 Å². The fourth-order valence-electron chi connectivity index (χ4n) is 5.75. The molecule has 39 heavy (non-hydrogen) atoms. The third kappa shape index (κ3) is 11.2. The third-order valence-electron chi connectivity index (χ3n) is 10.1. The van der Waals surface area contributed by atoms with Gasteiger partial charge in [0, 0.05) is 18.8 Å². The molecule has 6 heteroatoms. The van der Waals surface area contributed by atoms with E-state index in [1.807, 2.05) is 6.08 Å². The molecule has 1 rings (SSSR count). The van der Waals surface area contributed by atoms with Gasteiger partial charge in [-0.2, -0.15) is 0 Å². The zero-order chi connectivity index (χ0) is 30.1. The molecule has 0 amide bonds. The molecule has 0 saturated heterocycles. The lowest BCUT2D eigenvalue weighted by molar-refractivity contribution is -0.151. The predicted molar refractivity (Wildman–Crippen MR) is 173 cm³/mol. The molecule has 0 heterocycles. The standard InChI is InChI=1S/C33H64O4Si2/c1-13-16-18-20-26(25-33(7,8)38(9,10)35)22-23-28-27(19-15-3)29(36-31(34)21-17-14-2)24-30(28)37-39(11,12)32(4,5)6/h14-15,26-30,35H,2-3,13,16-25H2,1,4-12H3/t26-,27+,28+,29-,30+/m0/s1. The highest BCUT2D eigenvalue weighted by Gasteiger charge is 2.49. The van der Waals surface area contributed by atoms with Crippen molar-refractivity contribution in [2.45, 2.75) is 161 Å². The lowest BCUT2D eigenvalue weighted by Gasteiger charge is -2.41. The van der Waals surface area contributed by atoms with Crippen LogP contribution in [0.25, 0.3) is 0 Å². The molecule has 0 aromatic rings. The van der Waals surface area contributed by atoms with Gasteiger partial charge in [-0.15, -0.1) is 13.2 Å². The zero-order valence-electron chi connectivity index (χ0n) is 27.4. The van der Waals surface area contributed by atoms with E-state index in [4.69, 9.17) is 9.16 Å². The Kier molecular flexibility index (Phi) is 14.4. The first kappa shape index (κ1) is 36.3. The second-order valence-corrected chi connectivity index (χ2v) is 24.2. The van der Waals surface area contributed by atoms with Crippen molar-refractivity contribution in [3.63, 3.8) is 0 Å². The molecular weight excluding hydrogens is 517 g/mol. The molecule has 1 fully saturated rings. The molecule has 0 radical (unpaired) electrons. The van der Waals surface area contributed by atoms with E-state index in [1.54, 1.807) is 6.08 Å². The number of hydrogen-bond donors (Lipinski definition) is 1. The Morgan fingerprint density at radius 2 is 1.64 bits per heavy atom. The monoisotopic (exact) mass is 580 g/mol. The molecule has 5 atom stereocenters. The Labute approximate surface area is 244 Å². The van der Waals surface area contributed by atoms with Gasteiger partial charge in [0.1, 0.15) is 6.10 Å². The van der Waals surface area contributed by atoms with Gasteiger partial charge >= 0.3 is 5.97 Å². The average molecular weight is 581 g/mol. The van der Waals surface area contributed by atoms with Gasteiger partial charge in [0.2, 0.25) is 0 Å². The van der Waals surface area contributed by atoms with Gasteiger partial charge in [-0.05, 0) is 73.8 Å². The smallest absolute Gasteiger partial charge is 0.306 e. The average Bonchev–Trinajstić information content (AvgIpc) is 3.09. The Hall–Kier alpha value is -0.696. The maximum atomic E-state index is 12.7.